The van der Waals surface area contributed by atoms with Gasteiger partial charge in [0.15, 0.2) is 0 Å². The lowest BCUT2D eigenvalue weighted by Gasteiger charge is -2.08. The number of imide groups is 1. The summed E-state index contributed by atoms with van der Waals surface area (Å²) in [6.07, 6.45) is 3.64. The van der Waals surface area contributed by atoms with Gasteiger partial charge in [-0.1, -0.05) is 0 Å². The predicted molar refractivity (Wildman–Crippen MR) is 64.2 cm³/mol. The Morgan fingerprint density at radius 3 is 2.47 bits per heavy atom. The number of nitrogens with one attached hydrogen (secondary N) is 2. The Bertz CT molecular complexity index is 512. The first-order chi connectivity index (χ1) is 7.97. The summed E-state index contributed by atoms with van der Waals surface area (Å²) in [6.45, 7) is 6.19. The number of aromatic nitrogens is 1. The molecule has 1 fully saturated rings. The fraction of sp³-hybridized carbons (Fsp3) is 0.333. The summed E-state index contributed by atoms with van der Waals surface area (Å²) in [5.41, 5.74) is 2.32. The first-order valence-electron chi connectivity index (χ1n) is 5.50. The molecule has 1 aliphatic rings. The van der Waals surface area contributed by atoms with Crippen LogP contribution in [-0.4, -0.2) is 16.5 Å². The number of nitrogens with zero attached hydrogens (tertiary/aromatic N) is 1. The topological polar surface area (TPSA) is 63.1 Å². The highest BCUT2D eigenvalue weighted by molar-refractivity contribution is 6.13. The third-order valence-electron chi connectivity index (χ3n) is 2.66. The summed E-state index contributed by atoms with van der Waals surface area (Å²) in [7, 11) is 0. The number of hydrogen-bond acceptors (Lipinski definition) is 2. The van der Waals surface area contributed by atoms with Crippen molar-refractivity contribution in [3.63, 3.8) is 0 Å². The zero-order valence-corrected chi connectivity index (χ0v) is 10.1. The number of rotatable bonds is 2. The first kappa shape index (κ1) is 11.4. The molecule has 90 valence electrons. The minimum absolute atomic E-state index is 0.288. The smallest absolute Gasteiger partial charge is 0.326 e. The van der Waals surface area contributed by atoms with Crippen LogP contribution in [0.4, 0.5) is 4.79 Å². The predicted octanol–water partition coefficient (Wildman–Crippen LogP) is 1.56. The number of hydrogen-bond donors (Lipinski definition) is 2. The molecular weight excluding hydrogens is 218 g/mol. The van der Waals surface area contributed by atoms with E-state index in [9.17, 15) is 9.59 Å². The van der Waals surface area contributed by atoms with Crippen molar-refractivity contribution in [3.05, 3.63) is 29.2 Å². The zero-order chi connectivity index (χ0) is 12.6. The summed E-state index contributed by atoms with van der Waals surface area (Å²) in [6, 6.07) is 1.88. The van der Waals surface area contributed by atoms with E-state index in [0.717, 1.165) is 11.3 Å². The second-order valence-electron chi connectivity index (χ2n) is 4.38. The number of amides is 3. The molecular formula is C12H15N3O2. The largest absolute Gasteiger partial charge is 0.349 e. The van der Waals surface area contributed by atoms with Crippen LogP contribution in [-0.2, 0) is 4.79 Å². The van der Waals surface area contributed by atoms with Gasteiger partial charge in [0, 0.05) is 17.9 Å². The summed E-state index contributed by atoms with van der Waals surface area (Å²) in [5, 5.41) is 4.63. The SMILES string of the molecule is Cc1cc(/C=C2\NC(=O)NC2=O)cn1C(C)C. The fourth-order valence-electron chi connectivity index (χ4n) is 1.90. The molecule has 0 atom stereocenters. The lowest BCUT2D eigenvalue weighted by Crippen LogP contribution is -2.22. The van der Waals surface area contributed by atoms with Crippen molar-refractivity contribution in [2.24, 2.45) is 0 Å². The van der Waals surface area contributed by atoms with Crippen LogP contribution in [0.2, 0.25) is 0 Å². The fourth-order valence-corrected chi connectivity index (χ4v) is 1.90. The van der Waals surface area contributed by atoms with E-state index >= 15 is 0 Å². The van der Waals surface area contributed by atoms with Gasteiger partial charge < -0.3 is 9.88 Å². The normalized spacial score (nSPS) is 17.8. The third-order valence-corrected chi connectivity index (χ3v) is 2.66. The van der Waals surface area contributed by atoms with Gasteiger partial charge in [0.1, 0.15) is 5.70 Å². The molecule has 1 aliphatic heterocycles. The Labute approximate surface area is 99.5 Å². The molecule has 17 heavy (non-hydrogen) atoms. The quantitative estimate of drug-likeness (QED) is 0.601. The van der Waals surface area contributed by atoms with E-state index < -0.39 is 6.03 Å². The molecule has 0 aromatic carbocycles. The van der Waals surface area contributed by atoms with Crippen molar-refractivity contribution in [2.75, 3.05) is 0 Å². The molecule has 1 saturated heterocycles. The molecule has 5 heteroatoms. The van der Waals surface area contributed by atoms with E-state index in [4.69, 9.17) is 0 Å². The van der Waals surface area contributed by atoms with E-state index in [1.807, 2.05) is 19.2 Å². The minimum atomic E-state index is -0.471. The van der Waals surface area contributed by atoms with Gasteiger partial charge in [0.05, 0.1) is 0 Å². The van der Waals surface area contributed by atoms with E-state index in [0.29, 0.717) is 6.04 Å². The average Bonchev–Trinajstić information content (AvgIpc) is 2.71. The van der Waals surface area contributed by atoms with Crippen molar-refractivity contribution in [3.8, 4) is 0 Å². The molecule has 2 rings (SSSR count). The number of aryl methyl sites for hydroxylation is 1. The van der Waals surface area contributed by atoms with Crippen molar-refractivity contribution in [1.29, 1.82) is 0 Å². The van der Waals surface area contributed by atoms with Crippen LogP contribution in [0.15, 0.2) is 18.0 Å². The van der Waals surface area contributed by atoms with Gasteiger partial charge in [-0.15, -0.1) is 0 Å². The molecule has 1 aromatic heterocycles. The maximum Gasteiger partial charge on any atom is 0.326 e. The van der Waals surface area contributed by atoms with E-state index in [2.05, 4.69) is 29.0 Å². The van der Waals surface area contributed by atoms with Crippen molar-refractivity contribution >= 4 is 18.0 Å². The Kier molecular flexibility index (Phi) is 2.75. The average molecular weight is 233 g/mol. The number of urea groups is 1. The molecule has 0 bridgehead atoms. The van der Waals surface area contributed by atoms with E-state index in [-0.39, 0.29) is 11.6 Å². The number of carbonyl (C=O) groups is 2. The Balaban J connectivity index is 2.30. The van der Waals surface area contributed by atoms with Gasteiger partial charge in [-0.05, 0) is 38.5 Å². The molecule has 0 radical (unpaired) electrons. The van der Waals surface area contributed by atoms with Gasteiger partial charge in [-0.25, -0.2) is 4.79 Å². The van der Waals surface area contributed by atoms with Crippen LogP contribution in [0, 0.1) is 6.92 Å². The minimum Gasteiger partial charge on any atom is -0.349 e. The second kappa shape index (κ2) is 4.08. The Morgan fingerprint density at radius 1 is 1.29 bits per heavy atom. The van der Waals surface area contributed by atoms with Crippen LogP contribution in [0.25, 0.3) is 6.08 Å². The molecule has 2 N–H and O–H groups in total. The first-order valence-corrected chi connectivity index (χ1v) is 5.50. The van der Waals surface area contributed by atoms with Crippen LogP contribution < -0.4 is 10.6 Å². The molecule has 0 spiro atoms. The summed E-state index contributed by atoms with van der Waals surface area (Å²) >= 11 is 0. The molecule has 0 saturated carbocycles. The van der Waals surface area contributed by atoms with Gasteiger partial charge in [-0.3, -0.25) is 10.1 Å². The lowest BCUT2D eigenvalue weighted by molar-refractivity contribution is -0.115. The van der Waals surface area contributed by atoms with Gasteiger partial charge >= 0.3 is 6.03 Å². The highest BCUT2D eigenvalue weighted by atomic mass is 16.2. The molecule has 3 amide bonds. The van der Waals surface area contributed by atoms with Crippen molar-refractivity contribution < 1.29 is 9.59 Å². The van der Waals surface area contributed by atoms with Crippen LogP contribution in [0.3, 0.4) is 0 Å². The Hall–Kier alpha value is -2.04. The van der Waals surface area contributed by atoms with Crippen LogP contribution >= 0.6 is 0 Å². The van der Waals surface area contributed by atoms with Crippen LogP contribution in [0.1, 0.15) is 31.1 Å². The van der Waals surface area contributed by atoms with Crippen LogP contribution in [0.5, 0.6) is 0 Å². The van der Waals surface area contributed by atoms with Crippen molar-refractivity contribution in [2.45, 2.75) is 26.8 Å². The summed E-state index contributed by atoms with van der Waals surface area (Å²) in [4.78, 5) is 22.3. The molecule has 0 unspecified atom stereocenters. The maximum atomic E-state index is 11.3. The summed E-state index contributed by atoms with van der Waals surface area (Å²) in [5.74, 6) is -0.384. The number of carbonyl (C=O) groups excluding carboxylic acids is 2. The molecule has 2 heterocycles. The highest BCUT2D eigenvalue weighted by Gasteiger charge is 2.22. The zero-order valence-electron chi connectivity index (χ0n) is 10.1. The van der Waals surface area contributed by atoms with Gasteiger partial charge in [-0.2, -0.15) is 0 Å². The maximum absolute atomic E-state index is 11.3. The standard InChI is InChI=1S/C12H15N3O2/c1-7(2)15-6-9(4-8(15)3)5-10-11(16)14-12(17)13-10/h4-7H,1-3H3,(H2,13,14,16,17)/b10-5-. The van der Waals surface area contributed by atoms with Gasteiger partial charge in [0.25, 0.3) is 5.91 Å². The lowest BCUT2D eigenvalue weighted by atomic mass is 10.2. The highest BCUT2D eigenvalue weighted by Crippen LogP contribution is 2.16. The van der Waals surface area contributed by atoms with Crippen molar-refractivity contribution in [1.82, 2.24) is 15.2 Å². The molecule has 0 aliphatic carbocycles. The van der Waals surface area contributed by atoms with E-state index in [1.165, 1.54) is 0 Å². The second-order valence-corrected chi connectivity index (χ2v) is 4.38. The van der Waals surface area contributed by atoms with Gasteiger partial charge in [0.2, 0.25) is 0 Å². The summed E-state index contributed by atoms with van der Waals surface area (Å²) < 4.78 is 2.11. The molecule has 1 aromatic rings. The third kappa shape index (κ3) is 2.22. The van der Waals surface area contributed by atoms with E-state index in [1.54, 1.807) is 6.08 Å². The molecule has 5 nitrogen and oxygen atoms in total. The Morgan fingerprint density at radius 2 is 2.00 bits per heavy atom. The monoisotopic (exact) mass is 233 g/mol.